The number of phenols is 1. The van der Waals surface area contributed by atoms with Gasteiger partial charge in [0, 0.05) is 5.56 Å². The summed E-state index contributed by atoms with van der Waals surface area (Å²) in [5.41, 5.74) is 3.82. The molecule has 1 aromatic carbocycles. The van der Waals surface area contributed by atoms with Crippen LogP contribution in [0.4, 0.5) is 13.2 Å². The summed E-state index contributed by atoms with van der Waals surface area (Å²) < 4.78 is 37.5. The molecule has 0 saturated heterocycles. The lowest BCUT2D eigenvalue weighted by Gasteiger charge is -2.13. The summed E-state index contributed by atoms with van der Waals surface area (Å²) >= 11 is 0. The van der Waals surface area contributed by atoms with E-state index in [4.69, 9.17) is 15.9 Å². The van der Waals surface area contributed by atoms with E-state index in [2.05, 4.69) is 0 Å². The molecule has 1 rings (SSSR count). The van der Waals surface area contributed by atoms with Gasteiger partial charge in [0.25, 0.3) is 6.43 Å². The number of hydrogen-bond acceptors (Lipinski definition) is 3. The van der Waals surface area contributed by atoms with Crippen molar-refractivity contribution in [2.75, 3.05) is 0 Å². The van der Waals surface area contributed by atoms with Gasteiger partial charge in [-0.25, -0.2) is 18.0 Å². The zero-order valence-corrected chi connectivity index (χ0v) is 9.05. The van der Waals surface area contributed by atoms with Gasteiger partial charge >= 0.3 is 5.97 Å². The van der Waals surface area contributed by atoms with Crippen LogP contribution in [-0.2, 0) is 0 Å². The van der Waals surface area contributed by atoms with Crippen LogP contribution in [0, 0.1) is 5.82 Å². The van der Waals surface area contributed by atoms with Gasteiger partial charge in [-0.2, -0.15) is 0 Å². The Balaban J connectivity index is 0.00000256. The third kappa shape index (κ3) is 3.24. The zero-order valence-electron chi connectivity index (χ0n) is 8.23. The van der Waals surface area contributed by atoms with Crippen molar-refractivity contribution in [1.29, 1.82) is 0 Å². The van der Waals surface area contributed by atoms with Gasteiger partial charge in [0.2, 0.25) is 0 Å². The van der Waals surface area contributed by atoms with E-state index in [1.165, 1.54) is 0 Å². The fourth-order valence-electron chi connectivity index (χ4n) is 1.13. The molecule has 0 bridgehead atoms. The second kappa shape index (κ2) is 5.74. The van der Waals surface area contributed by atoms with Crippen molar-refractivity contribution in [2.45, 2.75) is 12.5 Å². The first-order chi connectivity index (χ1) is 7.34. The maximum atomic E-state index is 13.0. The predicted molar refractivity (Wildman–Crippen MR) is 55.2 cm³/mol. The first kappa shape index (κ1) is 15.5. The normalized spacial score (nSPS) is 12.1. The highest BCUT2D eigenvalue weighted by atomic mass is 35.5. The molecule has 0 heterocycles. The molecule has 0 saturated carbocycles. The van der Waals surface area contributed by atoms with Crippen LogP contribution in [0.25, 0.3) is 0 Å². The standard InChI is InChI=1S/C9H8F3NO3.ClH/c10-5-2-3(9(15)16)1-4(7(5)14)6(13)8(11)12;/h1-2,6,8,14H,13H2,(H,15,16);1H/t6-;/m1./s1. The van der Waals surface area contributed by atoms with Crippen molar-refractivity contribution in [3.8, 4) is 5.75 Å². The fourth-order valence-corrected chi connectivity index (χ4v) is 1.13. The van der Waals surface area contributed by atoms with Gasteiger partial charge in [0.05, 0.1) is 11.6 Å². The van der Waals surface area contributed by atoms with E-state index < -0.39 is 41.1 Å². The lowest BCUT2D eigenvalue weighted by molar-refractivity contribution is 0.0695. The Kier molecular flexibility index (Phi) is 5.24. The molecular weight excluding hydrogens is 263 g/mol. The average molecular weight is 272 g/mol. The molecule has 0 amide bonds. The fraction of sp³-hybridized carbons (Fsp3) is 0.222. The minimum absolute atomic E-state index is 0. The summed E-state index contributed by atoms with van der Waals surface area (Å²) in [6.07, 6.45) is -3.03. The molecule has 0 aliphatic heterocycles. The van der Waals surface area contributed by atoms with Crippen LogP contribution in [0.5, 0.6) is 5.75 Å². The summed E-state index contributed by atoms with van der Waals surface area (Å²) in [6.45, 7) is 0. The Morgan fingerprint density at radius 3 is 2.29 bits per heavy atom. The molecule has 17 heavy (non-hydrogen) atoms. The molecule has 0 aromatic heterocycles. The number of aromatic carboxylic acids is 1. The highest BCUT2D eigenvalue weighted by Crippen LogP contribution is 2.30. The number of benzene rings is 1. The van der Waals surface area contributed by atoms with Crippen molar-refractivity contribution >= 4 is 18.4 Å². The van der Waals surface area contributed by atoms with E-state index in [9.17, 15) is 18.0 Å². The number of carbonyl (C=O) groups is 1. The highest BCUT2D eigenvalue weighted by molar-refractivity contribution is 5.88. The molecule has 4 N–H and O–H groups in total. The van der Waals surface area contributed by atoms with Crippen LogP contribution in [0.1, 0.15) is 22.0 Å². The summed E-state index contributed by atoms with van der Waals surface area (Å²) in [5.74, 6) is -3.86. The number of carboxylic acids is 1. The summed E-state index contributed by atoms with van der Waals surface area (Å²) in [7, 11) is 0. The first-order valence-corrected chi connectivity index (χ1v) is 4.14. The van der Waals surface area contributed by atoms with Crippen molar-refractivity contribution in [3.05, 3.63) is 29.1 Å². The Morgan fingerprint density at radius 1 is 1.35 bits per heavy atom. The summed E-state index contributed by atoms with van der Waals surface area (Å²) in [5, 5.41) is 17.7. The minimum atomic E-state index is -3.03. The van der Waals surface area contributed by atoms with E-state index in [0.717, 1.165) is 6.07 Å². The van der Waals surface area contributed by atoms with Crippen molar-refractivity contribution in [1.82, 2.24) is 0 Å². The van der Waals surface area contributed by atoms with Gasteiger partial charge in [0.1, 0.15) is 0 Å². The minimum Gasteiger partial charge on any atom is -0.505 e. The van der Waals surface area contributed by atoms with Crippen LogP contribution in [0.15, 0.2) is 12.1 Å². The third-order valence-electron chi connectivity index (χ3n) is 1.97. The maximum absolute atomic E-state index is 13.0. The van der Waals surface area contributed by atoms with E-state index in [0.29, 0.717) is 6.07 Å². The van der Waals surface area contributed by atoms with Crippen molar-refractivity contribution < 1.29 is 28.2 Å². The number of nitrogens with two attached hydrogens (primary N) is 1. The molecule has 0 aliphatic carbocycles. The summed E-state index contributed by atoms with van der Waals surface area (Å²) in [4.78, 5) is 10.5. The molecule has 0 unspecified atom stereocenters. The SMILES string of the molecule is Cl.N[C@H](c1cc(C(=O)O)cc(F)c1O)C(F)F. The molecular formula is C9H9ClF3NO3. The molecule has 0 spiro atoms. The number of carboxylic acid groups (broad SMARTS) is 1. The predicted octanol–water partition coefficient (Wildman–Crippen LogP) is 1.92. The van der Waals surface area contributed by atoms with E-state index >= 15 is 0 Å². The highest BCUT2D eigenvalue weighted by Gasteiger charge is 2.24. The Hall–Kier alpha value is -1.47. The lowest BCUT2D eigenvalue weighted by Crippen LogP contribution is -2.20. The molecule has 0 fully saturated rings. The topological polar surface area (TPSA) is 83.6 Å². The zero-order chi connectivity index (χ0) is 12.5. The van der Waals surface area contributed by atoms with Gasteiger partial charge < -0.3 is 15.9 Å². The monoisotopic (exact) mass is 271 g/mol. The first-order valence-electron chi connectivity index (χ1n) is 4.14. The van der Waals surface area contributed by atoms with Gasteiger partial charge in [-0.15, -0.1) is 12.4 Å². The van der Waals surface area contributed by atoms with Crippen LogP contribution in [0.2, 0.25) is 0 Å². The number of aromatic hydroxyl groups is 1. The number of hydrogen-bond donors (Lipinski definition) is 3. The van der Waals surface area contributed by atoms with E-state index in [1.54, 1.807) is 0 Å². The summed E-state index contributed by atoms with van der Waals surface area (Å²) in [6, 6.07) is -0.689. The second-order valence-electron chi connectivity index (χ2n) is 3.06. The Morgan fingerprint density at radius 2 is 1.88 bits per heavy atom. The maximum Gasteiger partial charge on any atom is 0.335 e. The molecule has 1 atom stereocenters. The lowest BCUT2D eigenvalue weighted by atomic mass is 10.0. The molecule has 0 radical (unpaired) electrons. The average Bonchev–Trinajstić information content (AvgIpc) is 2.20. The van der Waals surface area contributed by atoms with E-state index in [-0.39, 0.29) is 12.4 Å². The molecule has 0 aliphatic rings. The number of halogens is 4. The van der Waals surface area contributed by atoms with Crippen LogP contribution >= 0.6 is 12.4 Å². The van der Waals surface area contributed by atoms with Crippen LogP contribution < -0.4 is 5.73 Å². The number of phenolic OH excluding ortho intramolecular Hbond substituents is 1. The number of rotatable bonds is 3. The van der Waals surface area contributed by atoms with E-state index in [1.807, 2.05) is 0 Å². The number of alkyl halides is 2. The van der Waals surface area contributed by atoms with Crippen LogP contribution in [0.3, 0.4) is 0 Å². The molecule has 4 nitrogen and oxygen atoms in total. The van der Waals surface area contributed by atoms with Gasteiger partial charge in [0.15, 0.2) is 11.6 Å². The van der Waals surface area contributed by atoms with Crippen molar-refractivity contribution in [3.63, 3.8) is 0 Å². The van der Waals surface area contributed by atoms with Gasteiger partial charge in [-0.1, -0.05) is 0 Å². The smallest absolute Gasteiger partial charge is 0.335 e. The second-order valence-corrected chi connectivity index (χ2v) is 3.06. The van der Waals surface area contributed by atoms with Gasteiger partial charge in [-0.3, -0.25) is 0 Å². The molecule has 96 valence electrons. The molecule has 1 aromatic rings. The van der Waals surface area contributed by atoms with Gasteiger partial charge in [-0.05, 0) is 12.1 Å². The van der Waals surface area contributed by atoms with Crippen molar-refractivity contribution in [2.24, 2.45) is 5.73 Å². The molecule has 8 heteroatoms. The Bertz CT molecular complexity index is 428. The Labute approximate surface area is 100 Å². The largest absolute Gasteiger partial charge is 0.505 e. The van der Waals surface area contributed by atoms with Crippen LogP contribution in [-0.4, -0.2) is 22.6 Å². The quantitative estimate of drug-likeness (QED) is 0.784. The third-order valence-corrected chi connectivity index (χ3v) is 1.97.